The summed E-state index contributed by atoms with van der Waals surface area (Å²) in [6.45, 7) is 4.80. The second-order valence-electron chi connectivity index (χ2n) is 8.50. The van der Waals surface area contributed by atoms with Gasteiger partial charge in [-0.1, -0.05) is 47.9 Å². The number of benzene rings is 1. The molecule has 29 heavy (non-hydrogen) atoms. The average Bonchev–Trinajstić information content (AvgIpc) is 3.41. The molecule has 0 bridgehead atoms. The number of likely N-dealkylation sites (tertiary alicyclic amines) is 1. The van der Waals surface area contributed by atoms with E-state index < -0.39 is 0 Å². The maximum Gasteiger partial charge on any atom is 0.273 e. The molecule has 7 heteroatoms. The molecule has 0 radical (unpaired) electrons. The van der Waals surface area contributed by atoms with Crippen LogP contribution in [0.1, 0.15) is 54.6 Å². The van der Waals surface area contributed by atoms with E-state index in [2.05, 4.69) is 20.5 Å². The predicted octanol–water partition coefficient (Wildman–Crippen LogP) is 3.61. The molecule has 1 aromatic heterocycles. The Balaban J connectivity index is 1.20. The molecular formula is C22H30ClN5O. The van der Waals surface area contributed by atoms with Gasteiger partial charge < -0.3 is 10.2 Å². The molecule has 1 aliphatic carbocycles. The summed E-state index contributed by atoms with van der Waals surface area (Å²) in [5.74, 6) is 1.32. The van der Waals surface area contributed by atoms with Crippen LogP contribution in [-0.2, 0) is 6.54 Å². The van der Waals surface area contributed by atoms with Gasteiger partial charge in [-0.25, -0.2) is 4.68 Å². The Morgan fingerprint density at radius 1 is 1.10 bits per heavy atom. The van der Waals surface area contributed by atoms with Crippen LogP contribution < -0.4 is 5.32 Å². The molecule has 2 heterocycles. The lowest BCUT2D eigenvalue weighted by atomic mass is 9.95. The summed E-state index contributed by atoms with van der Waals surface area (Å²) in [5, 5.41) is 11.8. The summed E-state index contributed by atoms with van der Waals surface area (Å²) < 4.78 is 1.65. The van der Waals surface area contributed by atoms with Gasteiger partial charge in [-0.3, -0.25) is 4.79 Å². The third-order valence-electron chi connectivity index (χ3n) is 6.31. The smallest absolute Gasteiger partial charge is 0.273 e. The van der Waals surface area contributed by atoms with Gasteiger partial charge in [0, 0.05) is 18.1 Å². The predicted molar refractivity (Wildman–Crippen MR) is 114 cm³/mol. The number of hydrogen-bond acceptors (Lipinski definition) is 4. The first-order chi connectivity index (χ1) is 14.2. The van der Waals surface area contributed by atoms with E-state index in [1.165, 1.54) is 32.2 Å². The molecule has 1 saturated carbocycles. The van der Waals surface area contributed by atoms with Crippen LogP contribution in [0.5, 0.6) is 0 Å². The van der Waals surface area contributed by atoms with Gasteiger partial charge in [0.15, 0.2) is 5.69 Å². The van der Waals surface area contributed by atoms with Crippen LogP contribution >= 0.6 is 11.6 Å². The number of nitrogens with zero attached hydrogens (tertiary/aromatic N) is 4. The number of rotatable bonds is 7. The molecule has 2 aliphatic rings. The second kappa shape index (κ2) is 9.72. The van der Waals surface area contributed by atoms with Crippen LogP contribution in [0.25, 0.3) is 0 Å². The summed E-state index contributed by atoms with van der Waals surface area (Å²) in [5.41, 5.74) is 1.31. The first-order valence-electron chi connectivity index (χ1n) is 10.8. The summed E-state index contributed by atoms with van der Waals surface area (Å²) in [6, 6.07) is 7.62. The lowest BCUT2D eigenvalue weighted by molar-refractivity contribution is 0.0928. The zero-order valence-electron chi connectivity index (χ0n) is 16.9. The molecule has 2 fully saturated rings. The van der Waals surface area contributed by atoms with E-state index in [0.717, 1.165) is 37.4 Å². The Morgan fingerprint density at radius 2 is 1.86 bits per heavy atom. The number of piperidine rings is 1. The van der Waals surface area contributed by atoms with Gasteiger partial charge in [-0.05, 0) is 62.2 Å². The lowest BCUT2D eigenvalue weighted by Gasteiger charge is -2.33. The molecular weight excluding hydrogens is 386 g/mol. The lowest BCUT2D eigenvalue weighted by Crippen LogP contribution is -2.40. The number of carbonyl (C=O) groups is 1. The topological polar surface area (TPSA) is 63.1 Å². The van der Waals surface area contributed by atoms with Crippen LogP contribution in [0, 0.1) is 11.8 Å². The van der Waals surface area contributed by atoms with E-state index in [4.69, 9.17) is 11.6 Å². The normalized spacial score (nSPS) is 18.9. The van der Waals surface area contributed by atoms with Gasteiger partial charge in [0.1, 0.15) is 0 Å². The fourth-order valence-corrected chi connectivity index (χ4v) is 4.74. The first kappa shape index (κ1) is 20.4. The average molecular weight is 416 g/mol. The number of halogens is 1. The largest absolute Gasteiger partial charge is 0.350 e. The molecule has 0 spiro atoms. The Hall–Kier alpha value is -1.92. The third kappa shape index (κ3) is 5.58. The van der Waals surface area contributed by atoms with Crippen molar-refractivity contribution in [1.82, 2.24) is 25.2 Å². The molecule has 1 aliphatic heterocycles. The van der Waals surface area contributed by atoms with Gasteiger partial charge in [0.25, 0.3) is 5.91 Å². The number of amides is 1. The zero-order chi connectivity index (χ0) is 20.1. The number of hydrogen-bond donors (Lipinski definition) is 1. The molecule has 2 aromatic rings. The van der Waals surface area contributed by atoms with Crippen molar-refractivity contribution in [2.24, 2.45) is 11.8 Å². The number of carbonyl (C=O) groups excluding carboxylic acids is 1. The fourth-order valence-electron chi connectivity index (χ4n) is 4.54. The first-order valence-corrected chi connectivity index (χ1v) is 11.2. The van der Waals surface area contributed by atoms with Crippen molar-refractivity contribution >= 4 is 17.5 Å². The molecule has 0 atom stereocenters. The monoisotopic (exact) mass is 415 g/mol. The Labute approximate surface area is 177 Å². The fraction of sp³-hybridized carbons (Fsp3) is 0.591. The summed E-state index contributed by atoms with van der Waals surface area (Å²) in [6.07, 6.45) is 9.65. The van der Waals surface area contributed by atoms with E-state index >= 15 is 0 Å². The maximum atomic E-state index is 12.5. The van der Waals surface area contributed by atoms with Gasteiger partial charge in [-0.15, -0.1) is 5.10 Å². The van der Waals surface area contributed by atoms with Gasteiger partial charge in [0.2, 0.25) is 0 Å². The molecule has 1 saturated heterocycles. The highest BCUT2D eigenvalue weighted by Gasteiger charge is 2.24. The minimum atomic E-state index is -0.149. The number of aromatic nitrogens is 3. The second-order valence-corrected chi connectivity index (χ2v) is 8.90. The Kier molecular flexibility index (Phi) is 6.82. The third-order valence-corrected chi connectivity index (χ3v) is 6.68. The Bertz CT molecular complexity index is 809. The van der Waals surface area contributed by atoms with Gasteiger partial charge >= 0.3 is 0 Å². The standard InChI is InChI=1S/C22H30ClN5O/c23-20-8-4-3-7-19(20)15-28-16-21(25-26-28)22(29)24-13-17-9-11-27(12-10-17)14-18-5-1-2-6-18/h3-4,7-8,16-18H,1-2,5-6,9-15H2,(H,24,29). The van der Waals surface area contributed by atoms with E-state index in [9.17, 15) is 4.79 Å². The number of nitrogens with one attached hydrogen (secondary N) is 1. The highest BCUT2D eigenvalue weighted by atomic mass is 35.5. The van der Waals surface area contributed by atoms with Crippen molar-refractivity contribution < 1.29 is 4.79 Å². The van der Waals surface area contributed by atoms with E-state index in [0.29, 0.717) is 29.7 Å². The van der Waals surface area contributed by atoms with Crippen LogP contribution in [0.15, 0.2) is 30.5 Å². The SMILES string of the molecule is O=C(NCC1CCN(CC2CCCC2)CC1)c1cn(Cc2ccccc2Cl)nn1. The van der Waals surface area contributed by atoms with Crippen LogP contribution in [0.2, 0.25) is 5.02 Å². The zero-order valence-corrected chi connectivity index (χ0v) is 17.7. The molecule has 156 valence electrons. The molecule has 1 amide bonds. The molecule has 6 nitrogen and oxygen atoms in total. The Morgan fingerprint density at radius 3 is 2.62 bits per heavy atom. The van der Waals surface area contributed by atoms with Gasteiger partial charge in [0.05, 0.1) is 12.7 Å². The highest BCUT2D eigenvalue weighted by Crippen LogP contribution is 2.27. The summed E-state index contributed by atoms with van der Waals surface area (Å²) in [4.78, 5) is 15.1. The summed E-state index contributed by atoms with van der Waals surface area (Å²) >= 11 is 6.19. The van der Waals surface area contributed by atoms with Crippen molar-refractivity contribution in [3.63, 3.8) is 0 Å². The van der Waals surface area contributed by atoms with E-state index in [1.807, 2.05) is 24.3 Å². The minimum Gasteiger partial charge on any atom is -0.350 e. The van der Waals surface area contributed by atoms with E-state index in [1.54, 1.807) is 10.9 Å². The van der Waals surface area contributed by atoms with Crippen molar-refractivity contribution in [3.05, 3.63) is 46.7 Å². The van der Waals surface area contributed by atoms with Gasteiger partial charge in [-0.2, -0.15) is 0 Å². The quantitative estimate of drug-likeness (QED) is 0.750. The van der Waals surface area contributed by atoms with Crippen molar-refractivity contribution in [3.8, 4) is 0 Å². The van der Waals surface area contributed by atoms with Crippen molar-refractivity contribution in [1.29, 1.82) is 0 Å². The molecule has 1 N–H and O–H groups in total. The van der Waals surface area contributed by atoms with Crippen molar-refractivity contribution in [2.45, 2.75) is 45.1 Å². The molecule has 4 rings (SSSR count). The van der Waals surface area contributed by atoms with E-state index in [-0.39, 0.29) is 5.91 Å². The minimum absolute atomic E-state index is 0.149. The van der Waals surface area contributed by atoms with Crippen LogP contribution in [0.4, 0.5) is 0 Å². The van der Waals surface area contributed by atoms with Crippen molar-refractivity contribution in [2.75, 3.05) is 26.2 Å². The van der Waals surface area contributed by atoms with Crippen LogP contribution in [0.3, 0.4) is 0 Å². The summed E-state index contributed by atoms with van der Waals surface area (Å²) in [7, 11) is 0. The van der Waals surface area contributed by atoms with Crippen LogP contribution in [-0.4, -0.2) is 52.0 Å². The molecule has 0 unspecified atom stereocenters. The molecule has 1 aromatic carbocycles. The highest BCUT2D eigenvalue weighted by molar-refractivity contribution is 6.31. The maximum absolute atomic E-state index is 12.5.